The van der Waals surface area contributed by atoms with E-state index in [1.165, 1.54) is 29.5 Å². The van der Waals surface area contributed by atoms with Crippen molar-refractivity contribution in [3.63, 3.8) is 0 Å². The molecule has 0 N–H and O–H groups in total. The minimum atomic E-state index is 0.842. The molecule has 0 saturated heterocycles. The average molecular weight is 145 g/mol. The molecule has 0 heteroatoms. The monoisotopic (exact) mass is 145 g/mol. The van der Waals surface area contributed by atoms with Gasteiger partial charge in [0.1, 0.15) is 0 Å². The molecule has 11 heavy (non-hydrogen) atoms. The van der Waals surface area contributed by atoms with Crippen molar-refractivity contribution < 1.29 is 0 Å². The Kier molecular flexibility index (Phi) is 1.49. The predicted molar refractivity (Wildman–Crippen MR) is 46.7 cm³/mol. The first-order valence-corrected chi connectivity index (χ1v) is 4.27. The van der Waals surface area contributed by atoms with Gasteiger partial charge >= 0.3 is 0 Å². The Morgan fingerprint density at radius 2 is 2.00 bits per heavy atom. The van der Waals surface area contributed by atoms with E-state index >= 15 is 0 Å². The number of benzene rings is 1. The first kappa shape index (κ1) is 6.90. The fourth-order valence-corrected chi connectivity index (χ4v) is 1.33. The summed E-state index contributed by atoms with van der Waals surface area (Å²) < 4.78 is 0. The second-order valence-electron chi connectivity index (χ2n) is 3.50. The molecule has 0 unspecified atom stereocenters. The molecule has 1 aromatic carbocycles. The summed E-state index contributed by atoms with van der Waals surface area (Å²) in [7, 11) is 0. The maximum Gasteiger partial charge on any atom is -0.0112 e. The van der Waals surface area contributed by atoms with Crippen LogP contribution in [0.15, 0.2) is 12.1 Å². The van der Waals surface area contributed by atoms with Crippen LogP contribution >= 0.6 is 0 Å². The van der Waals surface area contributed by atoms with Crippen LogP contribution in [0.5, 0.6) is 0 Å². The minimum absolute atomic E-state index is 0.842. The zero-order chi connectivity index (χ0) is 7.84. The molecule has 0 nitrogen and oxygen atoms in total. The maximum atomic E-state index is 3.44. The summed E-state index contributed by atoms with van der Waals surface area (Å²) >= 11 is 0. The Morgan fingerprint density at radius 1 is 1.27 bits per heavy atom. The summed E-state index contributed by atoms with van der Waals surface area (Å²) in [5.41, 5.74) is 4.09. The van der Waals surface area contributed by atoms with E-state index < -0.39 is 0 Å². The van der Waals surface area contributed by atoms with E-state index in [1.807, 2.05) is 0 Å². The van der Waals surface area contributed by atoms with Gasteiger partial charge in [-0.05, 0) is 55.4 Å². The highest BCUT2D eigenvalue weighted by Crippen LogP contribution is 2.40. The van der Waals surface area contributed by atoms with Gasteiger partial charge in [-0.2, -0.15) is 0 Å². The van der Waals surface area contributed by atoms with Gasteiger partial charge in [0, 0.05) is 0 Å². The first-order valence-electron chi connectivity index (χ1n) is 4.27. The van der Waals surface area contributed by atoms with Crippen LogP contribution < -0.4 is 0 Å². The van der Waals surface area contributed by atoms with Gasteiger partial charge in [-0.1, -0.05) is 12.1 Å². The van der Waals surface area contributed by atoms with Gasteiger partial charge < -0.3 is 0 Å². The molecule has 1 aliphatic rings. The highest BCUT2D eigenvalue weighted by atomic mass is 14.3. The van der Waals surface area contributed by atoms with Gasteiger partial charge in [0.05, 0.1) is 0 Å². The highest BCUT2D eigenvalue weighted by molar-refractivity contribution is 5.32. The maximum absolute atomic E-state index is 3.44. The van der Waals surface area contributed by atoms with Crippen molar-refractivity contribution in [3.05, 3.63) is 34.9 Å². The quantitative estimate of drug-likeness (QED) is 0.570. The van der Waals surface area contributed by atoms with Gasteiger partial charge in [0.25, 0.3) is 0 Å². The minimum Gasteiger partial charge on any atom is -0.0587 e. The van der Waals surface area contributed by atoms with E-state index in [9.17, 15) is 0 Å². The number of aryl methyl sites for hydroxylation is 2. The SMILES string of the molecule is Cc1[c]c(C2CC2)ccc1C. The second-order valence-corrected chi connectivity index (χ2v) is 3.50. The number of rotatable bonds is 1. The van der Waals surface area contributed by atoms with Crippen molar-refractivity contribution >= 4 is 0 Å². The van der Waals surface area contributed by atoms with Crippen LogP contribution in [-0.4, -0.2) is 0 Å². The van der Waals surface area contributed by atoms with Crippen molar-refractivity contribution in [2.45, 2.75) is 32.6 Å². The third-order valence-electron chi connectivity index (χ3n) is 2.45. The van der Waals surface area contributed by atoms with E-state index in [1.54, 1.807) is 0 Å². The molecule has 1 aromatic rings. The third kappa shape index (κ3) is 1.30. The molecule has 0 aromatic heterocycles. The molecule has 1 saturated carbocycles. The largest absolute Gasteiger partial charge is 0.0587 e. The summed E-state index contributed by atoms with van der Waals surface area (Å²) in [6, 6.07) is 7.87. The second kappa shape index (κ2) is 2.37. The van der Waals surface area contributed by atoms with Crippen LogP contribution in [-0.2, 0) is 0 Å². The Hall–Kier alpha value is -0.780. The number of hydrogen-bond donors (Lipinski definition) is 0. The summed E-state index contributed by atoms with van der Waals surface area (Å²) in [4.78, 5) is 0. The fourth-order valence-electron chi connectivity index (χ4n) is 1.33. The predicted octanol–water partition coefficient (Wildman–Crippen LogP) is 2.98. The lowest BCUT2D eigenvalue weighted by atomic mass is 10.0. The molecule has 0 bridgehead atoms. The molecule has 0 amide bonds. The summed E-state index contributed by atoms with van der Waals surface area (Å²) in [5, 5.41) is 0. The van der Waals surface area contributed by atoms with Crippen molar-refractivity contribution in [3.8, 4) is 0 Å². The Bertz CT molecular complexity index is 269. The van der Waals surface area contributed by atoms with Crippen molar-refractivity contribution in [2.75, 3.05) is 0 Å². The summed E-state index contributed by atoms with van der Waals surface area (Å²) in [5.74, 6) is 0.842. The van der Waals surface area contributed by atoms with Gasteiger partial charge in [-0.3, -0.25) is 0 Å². The molecule has 1 radical (unpaired) electrons. The molecule has 0 aliphatic heterocycles. The Labute approximate surface area is 68.3 Å². The van der Waals surface area contributed by atoms with Crippen LogP contribution in [0.4, 0.5) is 0 Å². The number of hydrogen-bond acceptors (Lipinski definition) is 0. The molecule has 1 fully saturated rings. The van der Waals surface area contributed by atoms with E-state index in [4.69, 9.17) is 0 Å². The summed E-state index contributed by atoms with van der Waals surface area (Å²) in [6.07, 6.45) is 2.75. The molecule has 1 aliphatic carbocycles. The van der Waals surface area contributed by atoms with Gasteiger partial charge in [-0.25, -0.2) is 0 Å². The molecular weight excluding hydrogens is 132 g/mol. The van der Waals surface area contributed by atoms with Crippen LogP contribution in [0, 0.1) is 19.9 Å². The Morgan fingerprint density at radius 3 is 2.55 bits per heavy atom. The highest BCUT2D eigenvalue weighted by Gasteiger charge is 2.23. The van der Waals surface area contributed by atoms with Crippen LogP contribution in [0.1, 0.15) is 35.4 Å². The molecule has 57 valence electrons. The van der Waals surface area contributed by atoms with E-state index in [0.717, 1.165) is 5.92 Å². The van der Waals surface area contributed by atoms with Gasteiger partial charge in [0.2, 0.25) is 0 Å². The zero-order valence-corrected chi connectivity index (χ0v) is 7.15. The van der Waals surface area contributed by atoms with Gasteiger partial charge in [-0.15, -0.1) is 0 Å². The standard InChI is InChI=1S/C11H13/c1-8-3-4-11(7-9(8)2)10-5-6-10/h3-4,10H,5-6H2,1-2H3. The summed E-state index contributed by atoms with van der Waals surface area (Å²) in [6.45, 7) is 4.28. The van der Waals surface area contributed by atoms with Crippen LogP contribution in [0.2, 0.25) is 0 Å². The fraction of sp³-hybridized carbons (Fsp3) is 0.455. The lowest BCUT2D eigenvalue weighted by Gasteiger charge is -2.01. The first-order chi connectivity index (χ1) is 5.27. The Balaban J connectivity index is 2.36. The molecule has 2 rings (SSSR count). The smallest absolute Gasteiger partial charge is 0.0112 e. The zero-order valence-electron chi connectivity index (χ0n) is 7.15. The van der Waals surface area contributed by atoms with Crippen molar-refractivity contribution in [1.29, 1.82) is 0 Å². The van der Waals surface area contributed by atoms with Crippen LogP contribution in [0.25, 0.3) is 0 Å². The molecule has 0 spiro atoms. The molecule has 0 heterocycles. The van der Waals surface area contributed by atoms with Crippen LogP contribution in [0.3, 0.4) is 0 Å². The molecule has 0 atom stereocenters. The van der Waals surface area contributed by atoms with E-state index in [2.05, 4.69) is 32.0 Å². The lowest BCUT2D eigenvalue weighted by molar-refractivity contribution is 1.11. The third-order valence-corrected chi connectivity index (χ3v) is 2.45. The lowest BCUT2D eigenvalue weighted by Crippen LogP contribution is -1.85. The normalized spacial score (nSPS) is 16.9. The topological polar surface area (TPSA) is 0 Å². The van der Waals surface area contributed by atoms with Crippen molar-refractivity contribution in [2.24, 2.45) is 0 Å². The average Bonchev–Trinajstić information content (AvgIpc) is 2.77. The molecular formula is C11H13. The van der Waals surface area contributed by atoms with Crippen molar-refractivity contribution in [1.82, 2.24) is 0 Å². The van der Waals surface area contributed by atoms with E-state index in [0.29, 0.717) is 0 Å². The van der Waals surface area contributed by atoms with E-state index in [-0.39, 0.29) is 0 Å². The van der Waals surface area contributed by atoms with Gasteiger partial charge in [0.15, 0.2) is 0 Å².